The van der Waals surface area contributed by atoms with Gasteiger partial charge in [0.15, 0.2) is 0 Å². The van der Waals surface area contributed by atoms with Gasteiger partial charge < -0.3 is 4.74 Å². The average molecular weight is 274 g/mol. The maximum atomic E-state index is 13.1. The van der Waals surface area contributed by atoms with Crippen LogP contribution in [0.15, 0.2) is 18.2 Å². The molecule has 106 valence electrons. The van der Waals surface area contributed by atoms with Crippen LogP contribution in [-0.4, -0.2) is 18.2 Å². The molecule has 20 heavy (non-hydrogen) atoms. The first kappa shape index (κ1) is 13.4. The van der Waals surface area contributed by atoms with E-state index in [1.54, 1.807) is 6.07 Å². The van der Waals surface area contributed by atoms with Crippen LogP contribution in [0.4, 0.5) is 4.39 Å². The average Bonchev–Trinajstić information content (AvgIpc) is 3.28. The Morgan fingerprint density at radius 2 is 2.15 bits per heavy atom. The summed E-state index contributed by atoms with van der Waals surface area (Å²) in [5.74, 6) is 0.776. The Labute approximate surface area is 118 Å². The van der Waals surface area contributed by atoms with Crippen LogP contribution in [-0.2, 0) is 0 Å². The van der Waals surface area contributed by atoms with E-state index in [9.17, 15) is 9.65 Å². The van der Waals surface area contributed by atoms with Crippen molar-refractivity contribution in [3.8, 4) is 11.8 Å². The Morgan fingerprint density at radius 3 is 2.70 bits per heavy atom. The van der Waals surface area contributed by atoms with Crippen molar-refractivity contribution in [2.45, 2.75) is 44.2 Å². The summed E-state index contributed by atoms with van der Waals surface area (Å²) in [7, 11) is 0. The normalized spacial score (nSPS) is 21.1. The van der Waals surface area contributed by atoms with E-state index in [0.29, 0.717) is 24.3 Å². The maximum absolute atomic E-state index is 13.1. The number of aryl methyl sites for hydroxylation is 1. The van der Waals surface area contributed by atoms with Gasteiger partial charge in [0.25, 0.3) is 0 Å². The molecule has 0 amide bonds. The Bertz CT molecular complexity index is 546. The molecule has 1 aromatic carbocycles. The molecule has 1 aromatic rings. The Hall–Kier alpha value is -1.60. The van der Waals surface area contributed by atoms with Crippen molar-refractivity contribution in [2.24, 2.45) is 5.92 Å². The fraction of sp³-hybridized carbons (Fsp3) is 0.562. The van der Waals surface area contributed by atoms with Crippen molar-refractivity contribution in [2.75, 3.05) is 6.61 Å². The van der Waals surface area contributed by atoms with Gasteiger partial charge in [-0.2, -0.15) is 5.26 Å². The number of nitriles is 1. The SMILES string of the molecule is Cc1cc(F)ccc1OCC(C#N)(NC1CC1)C1CC1. The molecule has 0 radical (unpaired) electrons. The van der Waals surface area contributed by atoms with E-state index < -0.39 is 5.54 Å². The van der Waals surface area contributed by atoms with Crippen molar-refractivity contribution in [3.05, 3.63) is 29.6 Å². The van der Waals surface area contributed by atoms with Crippen LogP contribution in [0.1, 0.15) is 31.2 Å². The number of hydrogen-bond acceptors (Lipinski definition) is 3. The molecule has 0 aliphatic heterocycles. The van der Waals surface area contributed by atoms with Crippen LogP contribution in [0.3, 0.4) is 0 Å². The molecule has 1 unspecified atom stereocenters. The fourth-order valence-corrected chi connectivity index (χ4v) is 2.57. The van der Waals surface area contributed by atoms with Gasteiger partial charge in [-0.1, -0.05) is 0 Å². The summed E-state index contributed by atoms with van der Waals surface area (Å²) in [5, 5.41) is 13.1. The lowest BCUT2D eigenvalue weighted by atomic mass is 9.96. The molecule has 0 aromatic heterocycles. The summed E-state index contributed by atoms with van der Waals surface area (Å²) in [5.41, 5.74) is 0.182. The first-order valence-corrected chi connectivity index (χ1v) is 7.21. The molecule has 0 heterocycles. The van der Waals surface area contributed by atoms with E-state index >= 15 is 0 Å². The second kappa shape index (κ2) is 5.06. The molecule has 3 rings (SSSR count). The summed E-state index contributed by atoms with van der Waals surface area (Å²) < 4.78 is 18.9. The summed E-state index contributed by atoms with van der Waals surface area (Å²) in [4.78, 5) is 0. The summed E-state index contributed by atoms with van der Waals surface area (Å²) in [6.07, 6.45) is 4.45. The molecule has 1 atom stereocenters. The lowest BCUT2D eigenvalue weighted by Crippen LogP contribution is -2.52. The molecule has 2 saturated carbocycles. The van der Waals surface area contributed by atoms with Gasteiger partial charge in [-0.3, -0.25) is 5.32 Å². The quantitative estimate of drug-likeness (QED) is 0.867. The third-order valence-corrected chi connectivity index (χ3v) is 4.11. The zero-order valence-electron chi connectivity index (χ0n) is 11.7. The molecular formula is C16H19FN2O. The van der Waals surface area contributed by atoms with Crippen molar-refractivity contribution >= 4 is 0 Å². The molecule has 0 spiro atoms. The maximum Gasteiger partial charge on any atom is 0.144 e. The number of rotatable bonds is 6. The second-order valence-corrected chi connectivity index (χ2v) is 5.97. The van der Waals surface area contributed by atoms with Crippen molar-refractivity contribution in [1.29, 1.82) is 5.26 Å². The standard InChI is InChI=1S/C16H19FN2O/c1-11-8-13(17)4-7-15(11)20-10-16(9-18,12-2-3-12)19-14-5-6-14/h4,7-8,12,14,19H,2-3,5-6,10H2,1H3. The van der Waals surface area contributed by atoms with E-state index in [-0.39, 0.29) is 5.82 Å². The zero-order valence-corrected chi connectivity index (χ0v) is 11.7. The van der Waals surface area contributed by atoms with E-state index in [1.165, 1.54) is 12.1 Å². The molecule has 4 heteroatoms. The van der Waals surface area contributed by atoms with E-state index in [0.717, 1.165) is 31.2 Å². The molecule has 2 aliphatic rings. The molecule has 0 saturated heterocycles. The molecule has 1 N–H and O–H groups in total. The Balaban J connectivity index is 1.71. The van der Waals surface area contributed by atoms with E-state index in [4.69, 9.17) is 4.74 Å². The predicted molar refractivity (Wildman–Crippen MR) is 73.9 cm³/mol. The number of nitrogens with zero attached hydrogens (tertiary/aromatic N) is 1. The number of nitrogens with one attached hydrogen (secondary N) is 1. The number of halogens is 1. The Morgan fingerprint density at radius 1 is 1.40 bits per heavy atom. The molecule has 0 bridgehead atoms. The molecule has 2 aliphatic carbocycles. The first-order valence-electron chi connectivity index (χ1n) is 7.21. The predicted octanol–water partition coefficient (Wildman–Crippen LogP) is 2.94. The highest BCUT2D eigenvalue weighted by molar-refractivity contribution is 5.33. The van der Waals surface area contributed by atoms with Gasteiger partial charge in [-0.25, -0.2) is 4.39 Å². The summed E-state index contributed by atoms with van der Waals surface area (Å²) in [6.45, 7) is 2.15. The van der Waals surface area contributed by atoms with Crippen molar-refractivity contribution in [3.63, 3.8) is 0 Å². The Kier molecular flexibility index (Phi) is 3.39. The van der Waals surface area contributed by atoms with Crippen molar-refractivity contribution < 1.29 is 9.13 Å². The fourth-order valence-electron chi connectivity index (χ4n) is 2.57. The zero-order chi connectivity index (χ0) is 14.2. The van der Waals surface area contributed by atoms with E-state index in [2.05, 4.69) is 11.4 Å². The van der Waals surface area contributed by atoms with Crippen LogP contribution in [0.2, 0.25) is 0 Å². The third kappa shape index (κ3) is 2.78. The van der Waals surface area contributed by atoms with Gasteiger partial charge >= 0.3 is 0 Å². The lowest BCUT2D eigenvalue weighted by Gasteiger charge is -2.28. The largest absolute Gasteiger partial charge is 0.490 e. The van der Waals surface area contributed by atoms with Crippen LogP contribution in [0.25, 0.3) is 0 Å². The van der Waals surface area contributed by atoms with Crippen LogP contribution < -0.4 is 10.1 Å². The molecule has 2 fully saturated rings. The smallest absolute Gasteiger partial charge is 0.144 e. The minimum Gasteiger partial charge on any atom is -0.490 e. The van der Waals surface area contributed by atoms with Gasteiger partial charge in [0.2, 0.25) is 0 Å². The van der Waals surface area contributed by atoms with Gasteiger partial charge in [0.1, 0.15) is 23.7 Å². The highest BCUT2D eigenvalue weighted by Crippen LogP contribution is 2.41. The molecular weight excluding hydrogens is 255 g/mol. The number of ether oxygens (including phenoxy) is 1. The summed E-state index contributed by atoms with van der Waals surface area (Å²) >= 11 is 0. The molecule has 3 nitrogen and oxygen atoms in total. The third-order valence-electron chi connectivity index (χ3n) is 4.11. The van der Waals surface area contributed by atoms with Gasteiger partial charge in [0.05, 0.1) is 6.07 Å². The number of benzene rings is 1. The highest BCUT2D eigenvalue weighted by atomic mass is 19.1. The monoisotopic (exact) mass is 274 g/mol. The lowest BCUT2D eigenvalue weighted by molar-refractivity contribution is 0.199. The minimum absolute atomic E-state index is 0.264. The number of hydrogen-bond donors (Lipinski definition) is 1. The van der Waals surface area contributed by atoms with Gasteiger partial charge in [-0.15, -0.1) is 0 Å². The first-order chi connectivity index (χ1) is 9.63. The highest BCUT2D eigenvalue weighted by Gasteiger charge is 2.49. The van der Waals surface area contributed by atoms with E-state index in [1.807, 2.05) is 6.92 Å². The van der Waals surface area contributed by atoms with Crippen LogP contribution >= 0.6 is 0 Å². The second-order valence-electron chi connectivity index (χ2n) is 5.97. The summed E-state index contributed by atoms with van der Waals surface area (Å²) in [6, 6.07) is 7.39. The van der Waals surface area contributed by atoms with Gasteiger partial charge in [-0.05, 0) is 62.3 Å². The van der Waals surface area contributed by atoms with Crippen LogP contribution in [0.5, 0.6) is 5.75 Å². The van der Waals surface area contributed by atoms with Gasteiger partial charge in [0, 0.05) is 6.04 Å². The van der Waals surface area contributed by atoms with Crippen LogP contribution in [0, 0.1) is 30.0 Å². The minimum atomic E-state index is -0.581. The van der Waals surface area contributed by atoms with Crippen molar-refractivity contribution in [1.82, 2.24) is 5.32 Å². The topological polar surface area (TPSA) is 45.0 Å².